The summed E-state index contributed by atoms with van der Waals surface area (Å²) < 4.78 is 11.7. The first-order valence-corrected chi connectivity index (χ1v) is 7.79. The SMILES string of the molecule is COc1cnc(OC2CCCN(c3ncc(Br)cn3)C2)nc1. The Balaban J connectivity index is 1.63. The van der Waals surface area contributed by atoms with Crippen molar-refractivity contribution < 1.29 is 9.47 Å². The highest BCUT2D eigenvalue weighted by Crippen LogP contribution is 2.20. The molecule has 0 bridgehead atoms. The molecule has 1 fully saturated rings. The van der Waals surface area contributed by atoms with Crippen molar-refractivity contribution >= 4 is 21.9 Å². The van der Waals surface area contributed by atoms with Gasteiger partial charge >= 0.3 is 6.01 Å². The van der Waals surface area contributed by atoms with Crippen LogP contribution in [-0.4, -0.2) is 46.2 Å². The van der Waals surface area contributed by atoms with Gasteiger partial charge in [0.05, 0.1) is 30.5 Å². The van der Waals surface area contributed by atoms with Gasteiger partial charge in [-0.2, -0.15) is 9.97 Å². The number of anilines is 1. The van der Waals surface area contributed by atoms with Gasteiger partial charge in [-0.25, -0.2) is 9.97 Å². The molecule has 1 saturated heterocycles. The van der Waals surface area contributed by atoms with E-state index in [0.29, 0.717) is 17.7 Å². The Kier molecular flexibility index (Phi) is 4.67. The topological polar surface area (TPSA) is 73.3 Å². The number of ether oxygens (including phenoxy) is 2. The molecule has 0 aliphatic carbocycles. The molecule has 0 aromatic carbocycles. The van der Waals surface area contributed by atoms with Crippen molar-refractivity contribution in [3.63, 3.8) is 0 Å². The van der Waals surface area contributed by atoms with Crippen molar-refractivity contribution in [1.29, 1.82) is 0 Å². The Morgan fingerprint density at radius 3 is 2.55 bits per heavy atom. The van der Waals surface area contributed by atoms with E-state index in [1.54, 1.807) is 31.9 Å². The highest BCUT2D eigenvalue weighted by molar-refractivity contribution is 9.10. The van der Waals surface area contributed by atoms with E-state index in [-0.39, 0.29) is 6.10 Å². The van der Waals surface area contributed by atoms with Crippen LogP contribution in [0.15, 0.2) is 29.3 Å². The fraction of sp³-hybridized carbons (Fsp3) is 0.429. The van der Waals surface area contributed by atoms with Gasteiger partial charge < -0.3 is 14.4 Å². The lowest BCUT2D eigenvalue weighted by Crippen LogP contribution is -2.42. The zero-order valence-electron chi connectivity index (χ0n) is 12.1. The first-order chi connectivity index (χ1) is 10.7. The summed E-state index contributed by atoms with van der Waals surface area (Å²) in [5.74, 6) is 1.33. The molecule has 0 radical (unpaired) electrons. The van der Waals surface area contributed by atoms with E-state index in [9.17, 15) is 0 Å². The molecule has 1 aliphatic rings. The Bertz CT molecular complexity index is 608. The average molecular weight is 366 g/mol. The second kappa shape index (κ2) is 6.87. The molecular formula is C14H16BrN5O2. The van der Waals surface area contributed by atoms with Crippen LogP contribution in [0.1, 0.15) is 12.8 Å². The molecule has 7 nitrogen and oxygen atoms in total. The van der Waals surface area contributed by atoms with Crippen LogP contribution in [-0.2, 0) is 0 Å². The van der Waals surface area contributed by atoms with E-state index in [1.807, 2.05) is 0 Å². The Hall–Kier alpha value is -1.96. The molecule has 1 atom stereocenters. The summed E-state index contributed by atoms with van der Waals surface area (Å²) in [6.45, 7) is 1.64. The van der Waals surface area contributed by atoms with Gasteiger partial charge in [-0.3, -0.25) is 0 Å². The highest BCUT2D eigenvalue weighted by atomic mass is 79.9. The first-order valence-electron chi connectivity index (χ1n) is 7.00. The van der Waals surface area contributed by atoms with Crippen molar-refractivity contribution in [2.24, 2.45) is 0 Å². The van der Waals surface area contributed by atoms with Crippen LogP contribution < -0.4 is 14.4 Å². The van der Waals surface area contributed by atoms with Crippen LogP contribution in [0.2, 0.25) is 0 Å². The van der Waals surface area contributed by atoms with Crippen LogP contribution in [0.4, 0.5) is 5.95 Å². The van der Waals surface area contributed by atoms with Gasteiger partial charge in [-0.15, -0.1) is 0 Å². The minimum atomic E-state index is 0.0226. The third kappa shape index (κ3) is 3.62. The number of hydrogen-bond donors (Lipinski definition) is 0. The lowest BCUT2D eigenvalue weighted by atomic mass is 10.1. The molecule has 116 valence electrons. The lowest BCUT2D eigenvalue weighted by molar-refractivity contribution is 0.163. The largest absolute Gasteiger partial charge is 0.494 e. The van der Waals surface area contributed by atoms with Crippen LogP contribution in [0.25, 0.3) is 0 Å². The normalized spacial score (nSPS) is 18.1. The monoisotopic (exact) mass is 365 g/mol. The molecule has 3 rings (SSSR count). The maximum Gasteiger partial charge on any atom is 0.316 e. The predicted molar refractivity (Wildman–Crippen MR) is 84.2 cm³/mol. The number of aromatic nitrogens is 4. The number of halogens is 1. The molecule has 1 unspecified atom stereocenters. The average Bonchev–Trinajstić information content (AvgIpc) is 2.56. The molecule has 8 heteroatoms. The third-order valence-electron chi connectivity index (χ3n) is 3.38. The van der Waals surface area contributed by atoms with Crippen molar-refractivity contribution in [2.75, 3.05) is 25.1 Å². The summed E-state index contributed by atoms with van der Waals surface area (Å²) in [6, 6.07) is 0.365. The molecule has 0 saturated carbocycles. The summed E-state index contributed by atoms with van der Waals surface area (Å²) >= 11 is 3.34. The van der Waals surface area contributed by atoms with Gasteiger partial charge in [0.2, 0.25) is 5.95 Å². The second-order valence-corrected chi connectivity index (χ2v) is 5.85. The van der Waals surface area contributed by atoms with Crippen molar-refractivity contribution in [2.45, 2.75) is 18.9 Å². The second-order valence-electron chi connectivity index (χ2n) is 4.93. The van der Waals surface area contributed by atoms with Crippen LogP contribution in [0.5, 0.6) is 11.8 Å². The molecule has 0 spiro atoms. The molecule has 3 heterocycles. The summed E-state index contributed by atoms with van der Waals surface area (Å²) in [5, 5.41) is 0. The summed E-state index contributed by atoms with van der Waals surface area (Å²) in [5.41, 5.74) is 0. The van der Waals surface area contributed by atoms with Gasteiger partial charge in [0.25, 0.3) is 0 Å². The maximum atomic E-state index is 5.85. The van der Waals surface area contributed by atoms with E-state index < -0.39 is 0 Å². The van der Waals surface area contributed by atoms with Crippen LogP contribution in [0.3, 0.4) is 0 Å². The van der Waals surface area contributed by atoms with Gasteiger partial charge in [0.1, 0.15) is 6.10 Å². The van der Waals surface area contributed by atoms with Gasteiger partial charge in [0, 0.05) is 18.9 Å². The number of methoxy groups -OCH3 is 1. The highest BCUT2D eigenvalue weighted by Gasteiger charge is 2.23. The van der Waals surface area contributed by atoms with E-state index in [1.165, 1.54) is 0 Å². The number of nitrogens with zero attached hydrogens (tertiary/aromatic N) is 5. The number of piperidine rings is 1. The fourth-order valence-electron chi connectivity index (χ4n) is 2.30. The molecule has 1 aliphatic heterocycles. The quantitative estimate of drug-likeness (QED) is 0.820. The van der Waals surface area contributed by atoms with Crippen molar-refractivity contribution in [3.8, 4) is 11.8 Å². The zero-order chi connectivity index (χ0) is 15.4. The molecule has 0 N–H and O–H groups in total. The van der Waals surface area contributed by atoms with Gasteiger partial charge in [-0.05, 0) is 28.8 Å². The van der Waals surface area contributed by atoms with Crippen molar-refractivity contribution in [1.82, 2.24) is 19.9 Å². The van der Waals surface area contributed by atoms with E-state index in [2.05, 4.69) is 40.8 Å². The van der Waals surface area contributed by atoms with Crippen molar-refractivity contribution in [3.05, 3.63) is 29.3 Å². The van der Waals surface area contributed by atoms with E-state index in [0.717, 1.165) is 30.4 Å². The molecule has 22 heavy (non-hydrogen) atoms. The van der Waals surface area contributed by atoms with Gasteiger partial charge in [-0.1, -0.05) is 0 Å². The van der Waals surface area contributed by atoms with E-state index >= 15 is 0 Å². The maximum absolute atomic E-state index is 5.85. The summed E-state index contributed by atoms with van der Waals surface area (Å²) in [4.78, 5) is 19.1. The van der Waals surface area contributed by atoms with Crippen LogP contribution >= 0.6 is 15.9 Å². The standard InChI is InChI=1S/C14H16BrN5O2/c1-21-12-7-18-14(19-8-12)22-11-3-2-4-20(9-11)13-16-5-10(15)6-17-13/h5-8,11H,2-4,9H2,1H3. The van der Waals surface area contributed by atoms with Gasteiger partial charge in [0.15, 0.2) is 5.75 Å². The fourth-order valence-corrected chi connectivity index (χ4v) is 2.51. The number of hydrogen-bond acceptors (Lipinski definition) is 7. The first kappa shape index (κ1) is 15.0. The van der Waals surface area contributed by atoms with E-state index in [4.69, 9.17) is 9.47 Å². The summed E-state index contributed by atoms with van der Waals surface area (Å²) in [7, 11) is 1.58. The molecule has 2 aromatic heterocycles. The minimum absolute atomic E-state index is 0.0226. The zero-order valence-corrected chi connectivity index (χ0v) is 13.7. The Morgan fingerprint density at radius 2 is 1.86 bits per heavy atom. The Morgan fingerprint density at radius 1 is 1.14 bits per heavy atom. The predicted octanol–water partition coefficient (Wildman–Crippen LogP) is 2.09. The molecule has 0 amide bonds. The van der Waals surface area contributed by atoms with Crippen LogP contribution in [0, 0.1) is 0 Å². The Labute approximate surface area is 136 Å². The molecular weight excluding hydrogens is 350 g/mol. The minimum Gasteiger partial charge on any atom is -0.494 e. The number of rotatable bonds is 4. The third-order valence-corrected chi connectivity index (χ3v) is 3.79. The lowest BCUT2D eigenvalue weighted by Gasteiger charge is -2.32. The summed E-state index contributed by atoms with van der Waals surface area (Å²) in [6.07, 6.45) is 8.69. The molecule has 2 aromatic rings. The smallest absolute Gasteiger partial charge is 0.316 e.